The van der Waals surface area contributed by atoms with Crippen molar-refractivity contribution in [1.29, 1.82) is 0 Å². The Balaban J connectivity index is 1.53. The van der Waals surface area contributed by atoms with Gasteiger partial charge in [0.25, 0.3) is 0 Å². The van der Waals surface area contributed by atoms with Crippen LogP contribution in [0.1, 0.15) is 49.2 Å². The number of benzene rings is 1. The molecule has 0 saturated carbocycles. The molecule has 1 aromatic carbocycles. The summed E-state index contributed by atoms with van der Waals surface area (Å²) in [5, 5.41) is 8.00. The van der Waals surface area contributed by atoms with E-state index >= 15 is 0 Å². The van der Waals surface area contributed by atoms with Gasteiger partial charge < -0.3 is 10.6 Å². The highest BCUT2D eigenvalue weighted by Crippen LogP contribution is 2.25. The maximum atomic E-state index is 12.6. The summed E-state index contributed by atoms with van der Waals surface area (Å²) < 4.78 is 0. The molecule has 6 heteroatoms. The Labute approximate surface area is 164 Å². The lowest BCUT2D eigenvalue weighted by atomic mass is 10.1. The number of amides is 2. The van der Waals surface area contributed by atoms with E-state index in [1.165, 1.54) is 12.5 Å². The molecule has 3 unspecified atom stereocenters. The Bertz CT molecular complexity index is 748. The minimum Gasteiger partial charge on any atom is -0.352 e. The fourth-order valence-electron chi connectivity index (χ4n) is 3.63. The van der Waals surface area contributed by atoms with Gasteiger partial charge in [-0.2, -0.15) is 0 Å². The Kier molecular flexibility index (Phi) is 6.63. The summed E-state index contributed by atoms with van der Waals surface area (Å²) in [5.41, 5.74) is 1.30. The van der Waals surface area contributed by atoms with E-state index in [1.807, 2.05) is 23.6 Å². The van der Waals surface area contributed by atoms with Crippen molar-refractivity contribution in [1.82, 2.24) is 15.5 Å². The quantitative estimate of drug-likeness (QED) is 0.769. The first-order chi connectivity index (χ1) is 13.0. The van der Waals surface area contributed by atoms with Crippen LogP contribution >= 0.6 is 11.3 Å². The molecule has 1 aliphatic heterocycles. The molecule has 27 heavy (non-hydrogen) atoms. The van der Waals surface area contributed by atoms with Crippen molar-refractivity contribution >= 4 is 23.2 Å². The van der Waals surface area contributed by atoms with Crippen LogP contribution in [0.3, 0.4) is 0 Å². The van der Waals surface area contributed by atoms with Crippen molar-refractivity contribution < 1.29 is 9.59 Å². The summed E-state index contributed by atoms with van der Waals surface area (Å²) in [6, 6.07) is 14.6. The molecular formula is C21H27N3O2S. The number of hydrogen-bond acceptors (Lipinski definition) is 4. The molecule has 0 radical (unpaired) electrons. The Morgan fingerprint density at radius 2 is 2.00 bits per heavy atom. The number of rotatable bonds is 7. The van der Waals surface area contributed by atoms with Crippen LogP contribution < -0.4 is 10.6 Å². The van der Waals surface area contributed by atoms with E-state index in [9.17, 15) is 9.59 Å². The van der Waals surface area contributed by atoms with Crippen LogP contribution in [0, 0.1) is 0 Å². The van der Waals surface area contributed by atoms with Crippen molar-refractivity contribution in [2.24, 2.45) is 0 Å². The number of carbonyl (C=O) groups excluding carboxylic acids is 2. The molecule has 0 bridgehead atoms. The van der Waals surface area contributed by atoms with Gasteiger partial charge in [-0.15, -0.1) is 11.3 Å². The highest BCUT2D eigenvalue weighted by Gasteiger charge is 2.28. The average Bonchev–Trinajstić information content (AvgIpc) is 3.33. The third-order valence-corrected chi connectivity index (χ3v) is 6.05. The van der Waals surface area contributed by atoms with Crippen LogP contribution in [-0.2, 0) is 9.59 Å². The van der Waals surface area contributed by atoms with Crippen LogP contribution in [0.4, 0.5) is 0 Å². The fourth-order valence-corrected chi connectivity index (χ4v) is 4.41. The van der Waals surface area contributed by atoms with Crippen molar-refractivity contribution in [2.45, 2.75) is 44.8 Å². The summed E-state index contributed by atoms with van der Waals surface area (Å²) in [6.45, 7) is 5.52. The van der Waals surface area contributed by atoms with Gasteiger partial charge in [-0.1, -0.05) is 36.4 Å². The highest BCUT2D eigenvalue weighted by molar-refractivity contribution is 7.10. The maximum absolute atomic E-state index is 12.6. The van der Waals surface area contributed by atoms with Crippen molar-refractivity contribution in [3.05, 3.63) is 58.3 Å². The molecule has 2 N–H and O–H groups in total. The second kappa shape index (κ2) is 9.15. The fraction of sp³-hybridized carbons (Fsp3) is 0.429. The molecule has 5 nitrogen and oxygen atoms in total. The first-order valence-electron chi connectivity index (χ1n) is 9.42. The third kappa shape index (κ3) is 5.40. The zero-order chi connectivity index (χ0) is 19.2. The molecule has 144 valence electrons. The molecular weight excluding hydrogens is 358 g/mol. The molecule has 0 aliphatic carbocycles. The SMILES string of the molecule is CC(=O)NC(CC(=O)NC1CCN(C(C)c2ccccc2)C1)c1cccs1. The minimum absolute atomic E-state index is 0.0126. The molecule has 3 atom stereocenters. The van der Waals surface area contributed by atoms with E-state index in [1.54, 1.807) is 11.3 Å². The Morgan fingerprint density at radius 3 is 2.67 bits per heavy atom. The zero-order valence-corrected chi connectivity index (χ0v) is 16.7. The maximum Gasteiger partial charge on any atom is 0.222 e. The van der Waals surface area contributed by atoms with E-state index in [4.69, 9.17) is 0 Å². The molecule has 2 amide bonds. The van der Waals surface area contributed by atoms with E-state index in [0.29, 0.717) is 6.04 Å². The van der Waals surface area contributed by atoms with E-state index in [0.717, 1.165) is 24.4 Å². The lowest BCUT2D eigenvalue weighted by molar-refractivity contribution is -0.123. The zero-order valence-electron chi connectivity index (χ0n) is 15.9. The molecule has 0 spiro atoms. The summed E-state index contributed by atoms with van der Waals surface area (Å²) in [7, 11) is 0. The molecule has 1 aliphatic rings. The largest absolute Gasteiger partial charge is 0.352 e. The molecule has 3 rings (SSSR count). The number of thiophene rings is 1. The topological polar surface area (TPSA) is 61.4 Å². The average molecular weight is 386 g/mol. The number of nitrogens with zero attached hydrogens (tertiary/aromatic N) is 1. The minimum atomic E-state index is -0.261. The lowest BCUT2D eigenvalue weighted by Crippen LogP contribution is -2.39. The lowest BCUT2D eigenvalue weighted by Gasteiger charge is -2.25. The van der Waals surface area contributed by atoms with Crippen LogP contribution in [0.15, 0.2) is 47.8 Å². The normalized spacial score (nSPS) is 19.4. The van der Waals surface area contributed by atoms with Gasteiger partial charge in [-0.3, -0.25) is 14.5 Å². The summed E-state index contributed by atoms with van der Waals surface area (Å²) in [6.07, 6.45) is 1.22. The summed E-state index contributed by atoms with van der Waals surface area (Å²) in [4.78, 5) is 27.5. The predicted octanol–water partition coefficient (Wildman–Crippen LogP) is 3.27. The first kappa shape index (κ1) is 19.6. The molecule has 1 fully saturated rings. The summed E-state index contributed by atoms with van der Waals surface area (Å²) in [5.74, 6) is -0.133. The number of nitrogens with one attached hydrogen (secondary N) is 2. The van der Waals surface area contributed by atoms with Gasteiger partial charge in [0, 0.05) is 37.0 Å². The van der Waals surface area contributed by atoms with E-state index in [2.05, 4.69) is 46.7 Å². The first-order valence-corrected chi connectivity index (χ1v) is 10.3. The highest BCUT2D eigenvalue weighted by atomic mass is 32.1. The van der Waals surface area contributed by atoms with Crippen LogP contribution in [-0.4, -0.2) is 35.8 Å². The van der Waals surface area contributed by atoms with Crippen molar-refractivity contribution in [2.75, 3.05) is 13.1 Å². The second-order valence-electron chi connectivity index (χ2n) is 7.11. The van der Waals surface area contributed by atoms with Gasteiger partial charge in [-0.25, -0.2) is 0 Å². The molecule has 2 heterocycles. The Morgan fingerprint density at radius 1 is 1.22 bits per heavy atom. The van der Waals surface area contributed by atoms with Gasteiger partial charge >= 0.3 is 0 Å². The Hall–Kier alpha value is -2.18. The van der Waals surface area contributed by atoms with Gasteiger partial charge in [0.05, 0.1) is 12.5 Å². The monoisotopic (exact) mass is 385 g/mol. The molecule has 2 aromatic rings. The van der Waals surface area contributed by atoms with Gasteiger partial charge in [-0.05, 0) is 30.4 Å². The van der Waals surface area contributed by atoms with Crippen molar-refractivity contribution in [3.63, 3.8) is 0 Å². The van der Waals surface area contributed by atoms with E-state index < -0.39 is 0 Å². The van der Waals surface area contributed by atoms with Crippen LogP contribution in [0.25, 0.3) is 0 Å². The van der Waals surface area contributed by atoms with E-state index in [-0.39, 0.29) is 30.3 Å². The smallest absolute Gasteiger partial charge is 0.222 e. The van der Waals surface area contributed by atoms with Crippen molar-refractivity contribution in [3.8, 4) is 0 Å². The molecule has 1 saturated heterocycles. The van der Waals surface area contributed by atoms with Gasteiger partial charge in [0.2, 0.25) is 11.8 Å². The summed E-state index contributed by atoms with van der Waals surface area (Å²) >= 11 is 1.56. The second-order valence-corrected chi connectivity index (χ2v) is 8.09. The van der Waals surface area contributed by atoms with Crippen LogP contribution in [0.5, 0.6) is 0 Å². The molecule has 1 aromatic heterocycles. The van der Waals surface area contributed by atoms with Gasteiger partial charge in [0.15, 0.2) is 0 Å². The number of likely N-dealkylation sites (tertiary alicyclic amines) is 1. The van der Waals surface area contributed by atoms with Gasteiger partial charge in [0.1, 0.15) is 0 Å². The van der Waals surface area contributed by atoms with Crippen LogP contribution in [0.2, 0.25) is 0 Å². The third-order valence-electron chi connectivity index (χ3n) is 5.07. The standard InChI is InChI=1S/C21H27N3O2S/c1-15(17-7-4-3-5-8-17)24-11-10-18(14-24)23-21(26)13-19(22-16(2)25)20-9-6-12-27-20/h3-9,12,15,18-19H,10-11,13-14H2,1-2H3,(H,22,25)(H,23,26). The number of hydrogen-bond donors (Lipinski definition) is 2. The number of carbonyl (C=O) groups is 2. The predicted molar refractivity (Wildman–Crippen MR) is 108 cm³/mol.